The fraction of sp³-hybridized carbons (Fsp3) is 0. The Hall–Kier alpha value is -7.16. The zero-order valence-corrected chi connectivity index (χ0v) is 29.7. The standard InChI is InChI=1S/C52H36N2/c1-3-13-37(14-4-1)38-29-32-45(33-30-38)53(50-24-12-16-41-15-7-8-21-47(41)50)46-20-11-17-42(35-46)39-25-27-40(28-26-39)43-31-34-52-49(36-43)48-22-9-10-23-51(48)54(52)44-18-5-2-6-19-44/h1-36H. The van der Waals surface area contributed by atoms with Gasteiger partial charge < -0.3 is 9.47 Å². The average Bonchev–Trinajstić information content (AvgIpc) is 3.59. The highest BCUT2D eigenvalue weighted by atomic mass is 15.1. The lowest BCUT2D eigenvalue weighted by atomic mass is 9.98. The third kappa shape index (κ3) is 5.62. The fourth-order valence-corrected chi connectivity index (χ4v) is 7.95. The van der Waals surface area contributed by atoms with E-state index in [-0.39, 0.29) is 0 Å². The van der Waals surface area contributed by atoms with E-state index in [1.165, 1.54) is 71.6 Å². The highest BCUT2D eigenvalue weighted by molar-refractivity contribution is 6.10. The molecule has 10 rings (SSSR count). The minimum absolute atomic E-state index is 1.11. The van der Waals surface area contributed by atoms with Gasteiger partial charge in [0.1, 0.15) is 0 Å². The summed E-state index contributed by atoms with van der Waals surface area (Å²) in [4.78, 5) is 2.39. The van der Waals surface area contributed by atoms with Crippen molar-refractivity contribution in [3.8, 4) is 39.1 Å². The summed E-state index contributed by atoms with van der Waals surface area (Å²) in [5.74, 6) is 0. The minimum Gasteiger partial charge on any atom is -0.310 e. The number of aromatic nitrogens is 1. The van der Waals surface area contributed by atoms with Crippen molar-refractivity contribution in [1.82, 2.24) is 4.57 Å². The molecular weight excluding hydrogens is 653 g/mol. The van der Waals surface area contributed by atoms with E-state index in [2.05, 4.69) is 228 Å². The van der Waals surface area contributed by atoms with Crippen LogP contribution >= 0.6 is 0 Å². The first-order valence-electron chi connectivity index (χ1n) is 18.5. The summed E-state index contributed by atoms with van der Waals surface area (Å²) in [6.07, 6.45) is 0. The number of rotatable bonds is 7. The maximum atomic E-state index is 2.39. The van der Waals surface area contributed by atoms with Crippen molar-refractivity contribution in [2.45, 2.75) is 0 Å². The van der Waals surface area contributed by atoms with E-state index in [4.69, 9.17) is 0 Å². The van der Waals surface area contributed by atoms with Crippen LogP contribution in [0, 0.1) is 0 Å². The zero-order chi connectivity index (χ0) is 35.8. The van der Waals surface area contributed by atoms with Crippen LogP contribution in [0.4, 0.5) is 17.1 Å². The van der Waals surface area contributed by atoms with Gasteiger partial charge in [0, 0.05) is 33.2 Å². The number of para-hydroxylation sites is 2. The summed E-state index contributed by atoms with van der Waals surface area (Å²) in [5, 5.41) is 4.95. The molecule has 0 aliphatic heterocycles. The SMILES string of the molecule is c1ccc(-c2ccc(N(c3cccc(-c4ccc(-c5ccc6c(c5)c5ccccc5n6-c5ccccc5)cc4)c3)c3cccc4ccccc34)cc2)cc1. The van der Waals surface area contributed by atoms with E-state index in [1.54, 1.807) is 0 Å². The molecule has 10 aromatic rings. The molecule has 0 radical (unpaired) electrons. The monoisotopic (exact) mass is 688 g/mol. The average molecular weight is 689 g/mol. The lowest BCUT2D eigenvalue weighted by Crippen LogP contribution is -2.10. The summed E-state index contributed by atoms with van der Waals surface area (Å²) in [6.45, 7) is 0. The molecule has 0 saturated heterocycles. The van der Waals surface area contributed by atoms with E-state index in [0.29, 0.717) is 0 Å². The lowest BCUT2D eigenvalue weighted by molar-refractivity contribution is 1.18. The number of hydrogen-bond donors (Lipinski definition) is 0. The maximum absolute atomic E-state index is 2.39. The van der Waals surface area contributed by atoms with Gasteiger partial charge in [0.05, 0.1) is 16.7 Å². The second-order valence-corrected chi connectivity index (χ2v) is 13.8. The predicted molar refractivity (Wildman–Crippen MR) is 229 cm³/mol. The summed E-state index contributed by atoms with van der Waals surface area (Å²) in [7, 11) is 0. The molecule has 0 saturated carbocycles. The molecule has 0 fully saturated rings. The molecule has 9 aromatic carbocycles. The van der Waals surface area contributed by atoms with Gasteiger partial charge >= 0.3 is 0 Å². The molecule has 0 aliphatic rings. The molecule has 2 heteroatoms. The van der Waals surface area contributed by atoms with Crippen LogP contribution in [0.25, 0.3) is 71.6 Å². The third-order valence-corrected chi connectivity index (χ3v) is 10.6. The molecule has 0 N–H and O–H groups in total. The number of nitrogens with zero attached hydrogens (tertiary/aromatic N) is 2. The van der Waals surface area contributed by atoms with Crippen LogP contribution in [0.15, 0.2) is 218 Å². The molecule has 0 spiro atoms. The van der Waals surface area contributed by atoms with Gasteiger partial charge in [-0.25, -0.2) is 0 Å². The molecule has 0 atom stereocenters. The van der Waals surface area contributed by atoms with Crippen molar-refractivity contribution >= 4 is 49.6 Å². The second kappa shape index (κ2) is 13.4. The number of fused-ring (bicyclic) bond motifs is 4. The van der Waals surface area contributed by atoms with Crippen molar-refractivity contribution in [3.63, 3.8) is 0 Å². The van der Waals surface area contributed by atoms with Crippen molar-refractivity contribution in [2.24, 2.45) is 0 Å². The number of anilines is 3. The minimum atomic E-state index is 1.11. The molecule has 254 valence electrons. The highest BCUT2D eigenvalue weighted by Gasteiger charge is 2.17. The highest BCUT2D eigenvalue weighted by Crippen LogP contribution is 2.41. The van der Waals surface area contributed by atoms with Gasteiger partial charge in [-0.1, -0.05) is 158 Å². The largest absolute Gasteiger partial charge is 0.310 e. The smallest absolute Gasteiger partial charge is 0.0541 e. The van der Waals surface area contributed by atoms with Gasteiger partial charge in [0.25, 0.3) is 0 Å². The molecule has 1 aromatic heterocycles. The molecule has 0 amide bonds. The van der Waals surface area contributed by atoms with Crippen molar-refractivity contribution in [3.05, 3.63) is 218 Å². The van der Waals surface area contributed by atoms with E-state index < -0.39 is 0 Å². The van der Waals surface area contributed by atoms with Crippen molar-refractivity contribution in [2.75, 3.05) is 4.90 Å². The Labute approximate surface area is 315 Å². The quantitative estimate of drug-likeness (QED) is 0.162. The van der Waals surface area contributed by atoms with E-state index in [9.17, 15) is 0 Å². The Morgan fingerprint density at radius 1 is 0.296 bits per heavy atom. The topological polar surface area (TPSA) is 8.17 Å². The van der Waals surface area contributed by atoms with Gasteiger partial charge in [0.15, 0.2) is 0 Å². The summed E-state index contributed by atoms with van der Waals surface area (Å²) in [5.41, 5.74) is 14.2. The maximum Gasteiger partial charge on any atom is 0.0541 e. The molecule has 0 bridgehead atoms. The Morgan fingerprint density at radius 3 is 1.59 bits per heavy atom. The van der Waals surface area contributed by atoms with Crippen LogP contribution in [-0.4, -0.2) is 4.57 Å². The molecule has 54 heavy (non-hydrogen) atoms. The van der Waals surface area contributed by atoms with Crippen molar-refractivity contribution in [1.29, 1.82) is 0 Å². The molecular formula is C52H36N2. The molecule has 0 unspecified atom stereocenters. The lowest BCUT2D eigenvalue weighted by Gasteiger charge is -2.27. The van der Waals surface area contributed by atoms with Crippen LogP contribution in [0.2, 0.25) is 0 Å². The number of benzene rings is 9. The van der Waals surface area contributed by atoms with Crippen LogP contribution in [0.5, 0.6) is 0 Å². The first kappa shape index (κ1) is 31.6. The first-order valence-corrected chi connectivity index (χ1v) is 18.5. The zero-order valence-electron chi connectivity index (χ0n) is 29.7. The first-order chi connectivity index (χ1) is 26.8. The van der Waals surface area contributed by atoms with Crippen LogP contribution in [0.1, 0.15) is 0 Å². The Morgan fingerprint density at radius 2 is 0.815 bits per heavy atom. The van der Waals surface area contributed by atoms with Crippen LogP contribution < -0.4 is 4.90 Å². The van der Waals surface area contributed by atoms with Gasteiger partial charge in [-0.15, -0.1) is 0 Å². The normalized spacial score (nSPS) is 11.3. The summed E-state index contributed by atoms with van der Waals surface area (Å²) < 4.78 is 2.36. The third-order valence-electron chi connectivity index (χ3n) is 10.6. The van der Waals surface area contributed by atoms with Gasteiger partial charge in [0.2, 0.25) is 0 Å². The predicted octanol–water partition coefficient (Wildman–Crippen LogP) is 14.4. The van der Waals surface area contributed by atoms with Gasteiger partial charge in [-0.3, -0.25) is 0 Å². The van der Waals surface area contributed by atoms with Crippen LogP contribution in [-0.2, 0) is 0 Å². The molecule has 2 nitrogen and oxygen atoms in total. The Balaban J connectivity index is 1.02. The number of hydrogen-bond acceptors (Lipinski definition) is 1. The molecule has 1 heterocycles. The van der Waals surface area contributed by atoms with Crippen molar-refractivity contribution < 1.29 is 0 Å². The summed E-state index contributed by atoms with van der Waals surface area (Å²) in [6, 6.07) is 78.8. The Kier molecular flexibility index (Phi) is 7.85. The fourth-order valence-electron chi connectivity index (χ4n) is 7.95. The molecule has 0 aliphatic carbocycles. The van der Waals surface area contributed by atoms with Gasteiger partial charge in [-0.2, -0.15) is 0 Å². The second-order valence-electron chi connectivity index (χ2n) is 13.8. The summed E-state index contributed by atoms with van der Waals surface area (Å²) >= 11 is 0. The Bertz CT molecular complexity index is 2900. The van der Waals surface area contributed by atoms with E-state index in [0.717, 1.165) is 17.1 Å². The van der Waals surface area contributed by atoms with E-state index >= 15 is 0 Å². The van der Waals surface area contributed by atoms with Crippen LogP contribution in [0.3, 0.4) is 0 Å². The van der Waals surface area contributed by atoms with E-state index in [1.807, 2.05) is 0 Å². The van der Waals surface area contributed by atoms with Gasteiger partial charge in [-0.05, 0) is 99.4 Å².